The van der Waals surface area contributed by atoms with Crippen molar-refractivity contribution >= 4 is 12.8 Å². The van der Waals surface area contributed by atoms with Crippen LogP contribution >= 0.6 is 7.26 Å². The van der Waals surface area contributed by atoms with Crippen LogP contribution in [0, 0.1) is 5.41 Å². The lowest BCUT2D eigenvalue weighted by Gasteiger charge is -2.25. The first-order valence-electron chi connectivity index (χ1n) is 5.70. The minimum atomic E-state index is -1.27. The zero-order valence-corrected chi connectivity index (χ0v) is 11.6. The van der Waals surface area contributed by atoms with Crippen molar-refractivity contribution in [1.82, 2.24) is 0 Å². The normalized spacial score (nSPS) is 13.0. The van der Waals surface area contributed by atoms with Crippen LogP contribution in [0.1, 0.15) is 48.0 Å². The van der Waals surface area contributed by atoms with Crippen LogP contribution in [0.4, 0.5) is 0 Å². The zero-order chi connectivity index (χ0) is 11.4. The van der Waals surface area contributed by atoms with Gasteiger partial charge in [-0.1, -0.05) is 20.8 Å². The summed E-state index contributed by atoms with van der Waals surface area (Å²) in [6.07, 6.45) is 4.04. The molecule has 0 aromatic carbocycles. The van der Waals surface area contributed by atoms with Crippen LogP contribution in [0.2, 0.25) is 0 Å². The molecule has 84 valence electrons. The van der Waals surface area contributed by atoms with Gasteiger partial charge in [0.05, 0.1) is 25.7 Å². The maximum Gasteiger partial charge on any atom is 0.268 e. The number of carbonyl (C=O) groups is 1. The number of rotatable bonds is 5. The molecule has 0 radical (unpaired) electrons. The molecule has 0 N–H and O–H groups in total. The maximum atomic E-state index is 12.2. The Morgan fingerprint density at radius 2 is 1.36 bits per heavy atom. The van der Waals surface area contributed by atoms with E-state index in [0.29, 0.717) is 5.52 Å². The fraction of sp³-hybridized carbons (Fsp3) is 0.917. The molecule has 0 aromatic rings. The van der Waals surface area contributed by atoms with Gasteiger partial charge in [0, 0.05) is 6.42 Å². The standard InChI is InChI=1S/C12H26OP/c1-7-14(8-2,9-3)11(13)10-12(4,5)6/h7-10H2,1-6H3/q+1. The number of carbonyl (C=O) groups excluding carboxylic acids is 1. The first kappa shape index (κ1) is 14.1. The molecule has 0 aromatic heterocycles. The van der Waals surface area contributed by atoms with Crippen molar-refractivity contribution in [2.75, 3.05) is 18.5 Å². The van der Waals surface area contributed by atoms with Crippen LogP contribution < -0.4 is 0 Å². The Balaban J connectivity index is 4.61. The van der Waals surface area contributed by atoms with Gasteiger partial charge in [0.1, 0.15) is 0 Å². The summed E-state index contributed by atoms with van der Waals surface area (Å²) in [5, 5.41) is 0. The van der Waals surface area contributed by atoms with Crippen molar-refractivity contribution in [1.29, 1.82) is 0 Å². The lowest BCUT2D eigenvalue weighted by Crippen LogP contribution is -2.20. The molecule has 0 bridgehead atoms. The van der Waals surface area contributed by atoms with E-state index in [4.69, 9.17) is 0 Å². The molecule has 0 aliphatic carbocycles. The molecule has 14 heavy (non-hydrogen) atoms. The van der Waals surface area contributed by atoms with Gasteiger partial charge in [-0.25, -0.2) is 0 Å². The number of hydrogen-bond donors (Lipinski definition) is 0. The molecule has 0 rings (SSSR count). The maximum absolute atomic E-state index is 12.2. The topological polar surface area (TPSA) is 17.1 Å². The van der Waals surface area contributed by atoms with Gasteiger partial charge >= 0.3 is 0 Å². The molecular weight excluding hydrogens is 191 g/mol. The summed E-state index contributed by atoms with van der Waals surface area (Å²) in [4.78, 5) is 12.2. The highest BCUT2D eigenvalue weighted by molar-refractivity contribution is 7.90. The molecule has 0 amide bonds. The summed E-state index contributed by atoms with van der Waals surface area (Å²) in [5.74, 6) is 0. The van der Waals surface area contributed by atoms with Crippen molar-refractivity contribution in [3.8, 4) is 0 Å². The third-order valence-corrected chi connectivity index (χ3v) is 7.87. The highest BCUT2D eigenvalue weighted by atomic mass is 31.2. The summed E-state index contributed by atoms with van der Waals surface area (Å²) >= 11 is 0. The minimum Gasteiger partial charge on any atom is -0.253 e. The first-order valence-corrected chi connectivity index (χ1v) is 8.05. The third kappa shape index (κ3) is 3.69. The fourth-order valence-electron chi connectivity index (χ4n) is 1.82. The van der Waals surface area contributed by atoms with E-state index in [2.05, 4.69) is 41.5 Å². The van der Waals surface area contributed by atoms with E-state index in [1.807, 2.05) is 0 Å². The molecule has 0 aliphatic heterocycles. The fourth-order valence-corrected chi connectivity index (χ4v) is 5.03. The van der Waals surface area contributed by atoms with Crippen molar-refractivity contribution in [2.24, 2.45) is 5.41 Å². The molecule has 2 heteroatoms. The number of hydrogen-bond acceptors (Lipinski definition) is 1. The van der Waals surface area contributed by atoms with Gasteiger partial charge < -0.3 is 0 Å². The molecule has 0 fully saturated rings. The van der Waals surface area contributed by atoms with Crippen LogP contribution in [-0.4, -0.2) is 24.0 Å². The molecule has 0 saturated carbocycles. The first-order chi connectivity index (χ1) is 6.31. The summed E-state index contributed by atoms with van der Waals surface area (Å²) < 4.78 is 0. The summed E-state index contributed by atoms with van der Waals surface area (Å²) in [6, 6.07) is 0. The lowest BCUT2D eigenvalue weighted by molar-refractivity contribution is -0.113. The predicted octanol–water partition coefficient (Wildman–Crippen LogP) is 4.03. The van der Waals surface area contributed by atoms with Crippen molar-refractivity contribution in [2.45, 2.75) is 48.0 Å². The van der Waals surface area contributed by atoms with E-state index in [1.165, 1.54) is 0 Å². The Morgan fingerprint density at radius 3 is 1.57 bits per heavy atom. The van der Waals surface area contributed by atoms with E-state index in [0.717, 1.165) is 24.9 Å². The second-order valence-corrected chi connectivity index (χ2v) is 9.91. The quantitative estimate of drug-likeness (QED) is 0.635. The molecule has 0 atom stereocenters. The summed E-state index contributed by atoms with van der Waals surface area (Å²) in [6.45, 7) is 13.0. The zero-order valence-electron chi connectivity index (χ0n) is 10.7. The van der Waals surface area contributed by atoms with Crippen LogP contribution in [0.5, 0.6) is 0 Å². The monoisotopic (exact) mass is 217 g/mol. The lowest BCUT2D eigenvalue weighted by atomic mass is 9.93. The van der Waals surface area contributed by atoms with Gasteiger partial charge in [-0.3, -0.25) is 4.79 Å². The average Bonchev–Trinajstić information content (AvgIpc) is 2.05. The van der Waals surface area contributed by atoms with Gasteiger partial charge in [0.15, 0.2) is 0 Å². The Kier molecular flexibility index (Phi) is 5.30. The minimum absolute atomic E-state index is 0.155. The predicted molar refractivity (Wildman–Crippen MR) is 67.6 cm³/mol. The third-order valence-electron chi connectivity index (χ3n) is 3.03. The molecular formula is C12H26OP+. The van der Waals surface area contributed by atoms with Crippen molar-refractivity contribution < 1.29 is 4.79 Å². The van der Waals surface area contributed by atoms with E-state index in [9.17, 15) is 4.79 Å². The molecule has 0 saturated heterocycles. The van der Waals surface area contributed by atoms with Crippen molar-refractivity contribution in [3.63, 3.8) is 0 Å². The molecule has 1 nitrogen and oxygen atoms in total. The van der Waals surface area contributed by atoms with E-state index < -0.39 is 7.26 Å². The van der Waals surface area contributed by atoms with Gasteiger partial charge in [0.25, 0.3) is 5.52 Å². The van der Waals surface area contributed by atoms with Crippen LogP contribution in [-0.2, 0) is 4.79 Å². The van der Waals surface area contributed by atoms with Gasteiger partial charge in [-0.05, 0) is 26.2 Å². The van der Waals surface area contributed by atoms with Gasteiger partial charge in [-0.15, -0.1) is 0 Å². The van der Waals surface area contributed by atoms with Gasteiger partial charge in [-0.2, -0.15) is 0 Å². The second-order valence-electron chi connectivity index (χ2n) is 5.23. The molecule has 0 heterocycles. The Labute approximate surface area is 90.0 Å². The van der Waals surface area contributed by atoms with Crippen LogP contribution in [0.25, 0.3) is 0 Å². The Hall–Kier alpha value is 0.100. The smallest absolute Gasteiger partial charge is 0.253 e. The van der Waals surface area contributed by atoms with E-state index >= 15 is 0 Å². The molecule has 0 spiro atoms. The van der Waals surface area contributed by atoms with Crippen LogP contribution in [0.15, 0.2) is 0 Å². The SMILES string of the molecule is CC[P+](CC)(CC)C(=O)CC(C)(C)C. The van der Waals surface area contributed by atoms with Crippen LogP contribution in [0.3, 0.4) is 0 Å². The summed E-state index contributed by atoms with van der Waals surface area (Å²) in [5.41, 5.74) is 0.722. The van der Waals surface area contributed by atoms with Gasteiger partial charge in [0.2, 0.25) is 0 Å². The van der Waals surface area contributed by atoms with Crippen molar-refractivity contribution in [3.05, 3.63) is 0 Å². The molecule has 0 unspecified atom stereocenters. The average molecular weight is 217 g/mol. The highest BCUT2D eigenvalue weighted by Crippen LogP contribution is 2.60. The Bertz CT molecular complexity index is 179. The molecule has 0 aliphatic rings. The largest absolute Gasteiger partial charge is 0.268 e. The van der Waals surface area contributed by atoms with E-state index in [1.54, 1.807) is 0 Å². The second kappa shape index (κ2) is 5.26. The summed E-state index contributed by atoms with van der Waals surface area (Å²) in [7, 11) is -1.27. The van der Waals surface area contributed by atoms with E-state index in [-0.39, 0.29) is 5.41 Å². The highest BCUT2D eigenvalue weighted by Gasteiger charge is 2.41. The Morgan fingerprint density at radius 1 is 1.00 bits per heavy atom.